The standard InChI is InChI=1S/C11H10N2O6S2/c1-5-8(4-7(19-5)11(15)16)21(17,18)13-10-6(9(12)14)2-3-20-10/h2-4,13H,1H3,(H2,12,14)(H,15,16). The molecule has 4 N–H and O–H groups in total. The van der Waals surface area contributed by atoms with Crippen LogP contribution in [-0.2, 0) is 10.0 Å². The molecule has 10 heteroatoms. The van der Waals surface area contributed by atoms with Crippen LogP contribution in [0.3, 0.4) is 0 Å². The summed E-state index contributed by atoms with van der Waals surface area (Å²) in [4.78, 5) is 21.6. The van der Waals surface area contributed by atoms with Gasteiger partial charge in [-0.15, -0.1) is 11.3 Å². The molecule has 2 aromatic rings. The van der Waals surface area contributed by atoms with Crippen molar-refractivity contribution in [1.29, 1.82) is 0 Å². The summed E-state index contributed by atoms with van der Waals surface area (Å²) in [6.07, 6.45) is 0. The van der Waals surface area contributed by atoms with E-state index < -0.39 is 27.7 Å². The van der Waals surface area contributed by atoms with Crippen LogP contribution in [0.5, 0.6) is 0 Å². The summed E-state index contributed by atoms with van der Waals surface area (Å²) in [6, 6.07) is 2.29. The fraction of sp³-hybridized carbons (Fsp3) is 0.0909. The average Bonchev–Trinajstić information content (AvgIpc) is 2.95. The number of nitrogens with two attached hydrogens (primary N) is 1. The van der Waals surface area contributed by atoms with Gasteiger partial charge >= 0.3 is 5.97 Å². The van der Waals surface area contributed by atoms with Gasteiger partial charge in [0.25, 0.3) is 15.9 Å². The zero-order chi connectivity index (χ0) is 15.8. The Morgan fingerprint density at radius 3 is 2.62 bits per heavy atom. The number of primary amides is 1. The summed E-state index contributed by atoms with van der Waals surface area (Å²) in [5.74, 6) is -2.72. The number of hydrogen-bond donors (Lipinski definition) is 3. The van der Waals surface area contributed by atoms with E-state index in [1.54, 1.807) is 0 Å². The number of furan rings is 1. The lowest BCUT2D eigenvalue weighted by molar-refractivity contribution is 0.0660. The molecule has 0 radical (unpaired) electrons. The molecule has 2 heterocycles. The van der Waals surface area contributed by atoms with Gasteiger partial charge in [-0.25, -0.2) is 13.2 Å². The summed E-state index contributed by atoms with van der Waals surface area (Å²) in [7, 11) is -4.09. The number of rotatable bonds is 5. The average molecular weight is 330 g/mol. The van der Waals surface area contributed by atoms with Gasteiger partial charge in [0.2, 0.25) is 5.76 Å². The molecule has 2 rings (SSSR count). The molecule has 0 spiro atoms. The Morgan fingerprint density at radius 2 is 2.10 bits per heavy atom. The Morgan fingerprint density at radius 1 is 1.43 bits per heavy atom. The van der Waals surface area contributed by atoms with Crippen LogP contribution in [0.15, 0.2) is 26.8 Å². The van der Waals surface area contributed by atoms with Crippen molar-refractivity contribution in [2.75, 3.05) is 4.72 Å². The minimum atomic E-state index is -4.09. The van der Waals surface area contributed by atoms with Crippen LogP contribution in [0.25, 0.3) is 0 Å². The quantitative estimate of drug-likeness (QED) is 0.753. The van der Waals surface area contributed by atoms with Gasteiger partial charge in [0.15, 0.2) is 0 Å². The number of aryl methyl sites for hydroxylation is 1. The van der Waals surface area contributed by atoms with Gasteiger partial charge in [0, 0.05) is 6.07 Å². The van der Waals surface area contributed by atoms with Crippen LogP contribution in [0.1, 0.15) is 26.7 Å². The number of sulfonamides is 1. The number of thiophene rings is 1. The molecule has 0 bridgehead atoms. The summed E-state index contributed by atoms with van der Waals surface area (Å²) in [5.41, 5.74) is 5.16. The molecule has 1 amide bonds. The molecular formula is C11H10N2O6S2. The van der Waals surface area contributed by atoms with Gasteiger partial charge < -0.3 is 15.3 Å². The molecule has 0 aromatic carbocycles. The lowest BCUT2D eigenvalue weighted by Gasteiger charge is -2.06. The van der Waals surface area contributed by atoms with E-state index >= 15 is 0 Å². The normalized spacial score (nSPS) is 11.3. The van der Waals surface area contributed by atoms with Gasteiger partial charge in [-0.2, -0.15) is 0 Å². The molecule has 0 unspecified atom stereocenters. The van der Waals surface area contributed by atoms with E-state index in [1.165, 1.54) is 18.4 Å². The number of carboxylic acid groups (broad SMARTS) is 1. The second-order valence-corrected chi connectivity index (χ2v) is 6.54. The first-order chi connectivity index (χ1) is 9.72. The Labute approximate surface area is 123 Å². The molecule has 0 aliphatic rings. The summed E-state index contributed by atoms with van der Waals surface area (Å²) in [5, 5.41) is 10.4. The van der Waals surface area contributed by atoms with Crippen LogP contribution in [0, 0.1) is 6.92 Å². The number of amides is 1. The maximum absolute atomic E-state index is 12.2. The highest BCUT2D eigenvalue weighted by Gasteiger charge is 2.25. The second-order valence-electron chi connectivity index (χ2n) is 3.97. The fourth-order valence-electron chi connectivity index (χ4n) is 1.60. The van der Waals surface area contributed by atoms with Gasteiger partial charge in [0.05, 0.1) is 5.56 Å². The Kier molecular flexibility index (Phi) is 3.75. The second kappa shape index (κ2) is 5.22. The number of carbonyl (C=O) groups excluding carboxylic acids is 1. The van der Waals surface area contributed by atoms with Gasteiger partial charge in [-0.05, 0) is 18.4 Å². The third-order valence-corrected chi connectivity index (χ3v) is 4.95. The first-order valence-electron chi connectivity index (χ1n) is 5.46. The third kappa shape index (κ3) is 2.90. The molecule has 0 saturated heterocycles. The molecule has 0 saturated carbocycles. The predicted octanol–water partition coefficient (Wildman–Crippen LogP) is 1.25. The SMILES string of the molecule is Cc1oc(C(=O)O)cc1S(=O)(=O)Nc1sccc1C(N)=O. The van der Waals surface area contributed by atoms with E-state index in [4.69, 9.17) is 15.3 Å². The number of carbonyl (C=O) groups is 2. The predicted molar refractivity (Wildman–Crippen MR) is 74.0 cm³/mol. The van der Waals surface area contributed by atoms with E-state index in [1.807, 2.05) is 0 Å². The number of aromatic carboxylic acids is 1. The summed E-state index contributed by atoms with van der Waals surface area (Å²) >= 11 is 0.980. The van der Waals surface area contributed by atoms with Gasteiger partial charge in [-0.3, -0.25) is 9.52 Å². The van der Waals surface area contributed by atoms with Crippen molar-refractivity contribution >= 4 is 38.2 Å². The van der Waals surface area contributed by atoms with E-state index in [0.29, 0.717) is 0 Å². The maximum Gasteiger partial charge on any atom is 0.371 e. The van der Waals surface area contributed by atoms with Crippen LogP contribution in [0.4, 0.5) is 5.00 Å². The zero-order valence-corrected chi connectivity index (χ0v) is 12.2. The third-order valence-electron chi connectivity index (χ3n) is 2.53. The van der Waals surface area contributed by atoms with Crippen molar-refractivity contribution in [2.45, 2.75) is 11.8 Å². The molecule has 0 aliphatic carbocycles. The first kappa shape index (κ1) is 15.1. The van der Waals surface area contributed by atoms with Crippen molar-refractivity contribution in [3.05, 3.63) is 34.6 Å². The summed E-state index contributed by atoms with van der Waals surface area (Å²) < 4.78 is 31.5. The molecule has 8 nitrogen and oxygen atoms in total. The van der Waals surface area contributed by atoms with E-state index in [9.17, 15) is 18.0 Å². The molecule has 112 valence electrons. The lowest BCUT2D eigenvalue weighted by Crippen LogP contribution is -2.17. The highest BCUT2D eigenvalue weighted by molar-refractivity contribution is 7.93. The van der Waals surface area contributed by atoms with Crippen molar-refractivity contribution < 1.29 is 27.5 Å². The van der Waals surface area contributed by atoms with Crippen molar-refractivity contribution in [2.24, 2.45) is 5.73 Å². The van der Waals surface area contributed by atoms with Crippen molar-refractivity contribution in [3.8, 4) is 0 Å². The van der Waals surface area contributed by atoms with E-state index in [2.05, 4.69) is 4.72 Å². The van der Waals surface area contributed by atoms with Crippen LogP contribution in [-0.4, -0.2) is 25.4 Å². The molecule has 0 atom stereocenters. The minimum Gasteiger partial charge on any atom is -0.475 e. The monoisotopic (exact) mass is 330 g/mol. The number of carboxylic acids is 1. The zero-order valence-electron chi connectivity index (χ0n) is 10.6. The minimum absolute atomic E-state index is 0.0307. The Balaban J connectivity index is 2.41. The van der Waals surface area contributed by atoms with Crippen LogP contribution in [0.2, 0.25) is 0 Å². The van der Waals surface area contributed by atoms with E-state index in [-0.39, 0.29) is 21.2 Å². The topological polar surface area (TPSA) is 140 Å². The van der Waals surface area contributed by atoms with Gasteiger partial charge in [0.1, 0.15) is 15.7 Å². The molecule has 0 aliphatic heterocycles. The molecule has 21 heavy (non-hydrogen) atoms. The number of hydrogen-bond acceptors (Lipinski definition) is 6. The van der Waals surface area contributed by atoms with Gasteiger partial charge in [-0.1, -0.05) is 0 Å². The van der Waals surface area contributed by atoms with Crippen LogP contribution >= 0.6 is 11.3 Å². The molecule has 2 aromatic heterocycles. The lowest BCUT2D eigenvalue weighted by atomic mass is 10.3. The van der Waals surface area contributed by atoms with Crippen molar-refractivity contribution in [1.82, 2.24) is 0 Å². The molecule has 0 fully saturated rings. The van der Waals surface area contributed by atoms with Crippen LogP contribution < -0.4 is 10.5 Å². The number of nitrogens with one attached hydrogen (secondary N) is 1. The smallest absolute Gasteiger partial charge is 0.371 e. The van der Waals surface area contributed by atoms with E-state index in [0.717, 1.165) is 17.4 Å². The highest BCUT2D eigenvalue weighted by Crippen LogP contribution is 2.28. The Hall–Kier alpha value is -2.33. The molecular weight excluding hydrogens is 320 g/mol. The Bertz CT molecular complexity index is 818. The van der Waals surface area contributed by atoms with Crippen molar-refractivity contribution in [3.63, 3.8) is 0 Å². The maximum atomic E-state index is 12.2. The number of anilines is 1. The largest absolute Gasteiger partial charge is 0.475 e. The highest BCUT2D eigenvalue weighted by atomic mass is 32.2. The fourth-order valence-corrected chi connectivity index (χ4v) is 3.90. The first-order valence-corrected chi connectivity index (χ1v) is 7.82. The summed E-state index contributed by atoms with van der Waals surface area (Å²) in [6.45, 7) is 1.32.